The van der Waals surface area contributed by atoms with Crippen LogP contribution in [0.1, 0.15) is 36.5 Å². The zero-order valence-electron chi connectivity index (χ0n) is 18.1. The molecule has 0 unspecified atom stereocenters. The van der Waals surface area contributed by atoms with E-state index in [2.05, 4.69) is 0 Å². The van der Waals surface area contributed by atoms with Crippen LogP contribution in [-0.4, -0.2) is 25.2 Å². The molecule has 2 aromatic carbocycles. The maximum absolute atomic E-state index is 13.5. The molecule has 0 spiro atoms. The quantitative estimate of drug-likeness (QED) is 0.616. The van der Waals surface area contributed by atoms with Crippen LogP contribution in [0.15, 0.2) is 66.0 Å². The second-order valence-corrected chi connectivity index (χ2v) is 7.35. The molecule has 1 aliphatic rings. The van der Waals surface area contributed by atoms with Crippen LogP contribution in [0.3, 0.4) is 0 Å². The van der Waals surface area contributed by atoms with E-state index in [1.165, 1.54) is 12.1 Å². The minimum atomic E-state index is -0.735. The topological polar surface area (TPSA) is 55.8 Å². The molecule has 6 heteroatoms. The molecule has 0 bridgehead atoms. The summed E-state index contributed by atoms with van der Waals surface area (Å²) in [5.41, 5.74) is 4.05. The zero-order chi connectivity index (χ0) is 22.5. The normalized spacial score (nSPS) is 14.0. The predicted molar refractivity (Wildman–Crippen MR) is 117 cm³/mol. The number of halogens is 1. The van der Waals surface area contributed by atoms with Crippen molar-refractivity contribution in [1.82, 2.24) is 0 Å². The Kier molecular flexibility index (Phi) is 6.90. The lowest BCUT2D eigenvalue weighted by atomic mass is 9.83. The third-order valence-electron chi connectivity index (χ3n) is 4.91. The molecule has 0 N–H and O–H groups in total. The van der Waals surface area contributed by atoms with Gasteiger partial charge in [-0.05, 0) is 68.7 Å². The van der Waals surface area contributed by atoms with Crippen LogP contribution in [0.4, 0.5) is 10.1 Å². The number of ether oxygens (including phenoxy) is 2. The third-order valence-corrected chi connectivity index (χ3v) is 4.91. The Morgan fingerprint density at radius 2 is 1.35 bits per heavy atom. The average Bonchev–Trinajstić information content (AvgIpc) is 2.73. The molecule has 2 aromatic rings. The van der Waals surface area contributed by atoms with Gasteiger partial charge in [0.15, 0.2) is 0 Å². The number of rotatable bonds is 6. The number of anilines is 1. The van der Waals surface area contributed by atoms with Crippen LogP contribution in [0, 0.1) is 19.7 Å². The van der Waals surface area contributed by atoms with Crippen molar-refractivity contribution < 1.29 is 23.5 Å². The molecule has 31 heavy (non-hydrogen) atoms. The van der Waals surface area contributed by atoms with Gasteiger partial charge in [-0.25, -0.2) is 14.0 Å². The lowest BCUT2D eigenvalue weighted by molar-refractivity contribution is -0.139. The summed E-state index contributed by atoms with van der Waals surface area (Å²) in [5, 5.41) is 0. The molecule has 0 saturated carbocycles. The van der Waals surface area contributed by atoms with Gasteiger partial charge in [0.25, 0.3) is 0 Å². The predicted octanol–water partition coefficient (Wildman–Crippen LogP) is 4.94. The fourth-order valence-corrected chi connectivity index (χ4v) is 3.69. The highest BCUT2D eigenvalue weighted by Gasteiger charge is 2.36. The van der Waals surface area contributed by atoms with Gasteiger partial charge in [-0.1, -0.05) is 18.2 Å². The van der Waals surface area contributed by atoms with E-state index in [9.17, 15) is 14.0 Å². The molecule has 162 valence electrons. The molecule has 1 heterocycles. The SMILES string of the molecule is CCOC(=O)C1=CN(c2cc(C)cc(C)c2)C=C(C(=O)OCC)C1c1ccc(F)cc1. The standard InChI is InChI=1S/C25H26FNO4/c1-5-30-24(28)21-14-27(20-12-16(3)11-17(4)13-20)15-22(25(29)31-6-2)23(21)18-7-9-19(26)10-8-18/h7-15,23H,5-6H2,1-4H3. The molecular formula is C25H26FNO4. The Morgan fingerprint density at radius 1 is 0.871 bits per heavy atom. The second-order valence-electron chi connectivity index (χ2n) is 7.35. The number of aryl methyl sites for hydroxylation is 2. The van der Waals surface area contributed by atoms with E-state index in [1.807, 2.05) is 32.0 Å². The van der Waals surface area contributed by atoms with Crippen molar-refractivity contribution in [3.8, 4) is 0 Å². The van der Waals surface area contributed by atoms with E-state index in [-0.39, 0.29) is 24.4 Å². The van der Waals surface area contributed by atoms with Crippen LogP contribution in [0.5, 0.6) is 0 Å². The van der Waals surface area contributed by atoms with E-state index < -0.39 is 23.7 Å². The van der Waals surface area contributed by atoms with Crippen molar-refractivity contribution in [3.05, 3.63) is 88.5 Å². The van der Waals surface area contributed by atoms with Gasteiger partial charge in [-0.2, -0.15) is 0 Å². The van der Waals surface area contributed by atoms with Gasteiger partial charge in [-0.3, -0.25) is 0 Å². The number of nitrogens with zero attached hydrogens (tertiary/aromatic N) is 1. The van der Waals surface area contributed by atoms with Crippen molar-refractivity contribution >= 4 is 17.6 Å². The van der Waals surface area contributed by atoms with Crippen molar-refractivity contribution in [2.24, 2.45) is 0 Å². The molecule has 0 saturated heterocycles. The monoisotopic (exact) mass is 423 g/mol. The highest BCUT2D eigenvalue weighted by atomic mass is 19.1. The molecule has 0 aromatic heterocycles. The molecular weight excluding hydrogens is 397 g/mol. The lowest BCUT2D eigenvalue weighted by Gasteiger charge is -2.30. The molecule has 1 aliphatic heterocycles. The van der Waals surface area contributed by atoms with Gasteiger partial charge < -0.3 is 14.4 Å². The summed E-state index contributed by atoms with van der Waals surface area (Å²) in [6, 6.07) is 11.7. The minimum Gasteiger partial charge on any atom is -0.463 e. The number of carbonyl (C=O) groups excluding carboxylic acids is 2. The largest absolute Gasteiger partial charge is 0.463 e. The molecule has 3 rings (SSSR count). The molecule has 0 radical (unpaired) electrons. The molecule has 0 amide bonds. The van der Waals surface area contributed by atoms with E-state index in [0.717, 1.165) is 16.8 Å². The van der Waals surface area contributed by atoms with Crippen molar-refractivity contribution in [1.29, 1.82) is 0 Å². The van der Waals surface area contributed by atoms with Crippen LogP contribution < -0.4 is 4.90 Å². The Bertz CT molecular complexity index is 984. The maximum Gasteiger partial charge on any atom is 0.336 e. The van der Waals surface area contributed by atoms with Crippen molar-refractivity contribution in [3.63, 3.8) is 0 Å². The molecule has 0 atom stereocenters. The van der Waals surface area contributed by atoms with E-state index in [1.54, 1.807) is 43.3 Å². The smallest absolute Gasteiger partial charge is 0.336 e. The van der Waals surface area contributed by atoms with Crippen molar-refractivity contribution in [2.75, 3.05) is 18.1 Å². The van der Waals surface area contributed by atoms with Crippen LogP contribution in [-0.2, 0) is 19.1 Å². The first kappa shape index (κ1) is 22.3. The summed E-state index contributed by atoms with van der Waals surface area (Å²) < 4.78 is 24.1. The average molecular weight is 423 g/mol. The number of esters is 2. The Labute approximate surface area is 181 Å². The summed E-state index contributed by atoms with van der Waals surface area (Å²) in [7, 11) is 0. The first-order valence-corrected chi connectivity index (χ1v) is 10.2. The van der Waals surface area contributed by atoms with Gasteiger partial charge in [0, 0.05) is 18.1 Å². The number of hydrogen-bond donors (Lipinski definition) is 0. The second kappa shape index (κ2) is 9.60. The summed E-state index contributed by atoms with van der Waals surface area (Å²) >= 11 is 0. The summed E-state index contributed by atoms with van der Waals surface area (Å²) in [5.74, 6) is -2.22. The van der Waals surface area contributed by atoms with E-state index >= 15 is 0 Å². The number of hydrogen-bond acceptors (Lipinski definition) is 5. The summed E-state index contributed by atoms with van der Waals surface area (Å²) in [6.07, 6.45) is 3.34. The lowest BCUT2D eigenvalue weighted by Crippen LogP contribution is -2.29. The Morgan fingerprint density at radius 3 is 1.81 bits per heavy atom. The Hall–Kier alpha value is -3.41. The maximum atomic E-state index is 13.5. The fourth-order valence-electron chi connectivity index (χ4n) is 3.69. The van der Waals surface area contributed by atoms with Gasteiger partial charge in [0.1, 0.15) is 5.82 Å². The Balaban J connectivity index is 2.19. The van der Waals surface area contributed by atoms with Gasteiger partial charge in [0.05, 0.1) is 30.3 Å². The van der Waals surface area contributed by atoms with Crippen molar-refractivity contribution in [2.45, 2.75) is 33.6 Å². The molecule has 0 fully saturated rings. The minimum absolute atomic E-state index is 0.189. The highest BCUT2D eigenvalue weighted by molar-refractivity contribution is 6.00. The van der Waals surface area contributed by atoms with Crippen LogP contribution >= 0.6 is 0 Å². The summed E-state index contributed by atoms with van der Waals surface area (Å²) in [4.78, 5) is 27.6. The molecule has 0 aliphatic carbocycles. The third kappa shape index (κ3) is 5.02. The first-order chi connectivity index (χ1) is 14.8. The number of carbonyl (C=O) groups is 2. The van der Waals surface area contributed by atoms with E-state index in [0.29, 0.717) is 5.56 Å². The van der Waals surface area contributed by atoms with Gasteiger partial charge in [-0.15, -0.1) is 0 Å². The van der Waals surface area contributed by atoms with Gasteiger partial charge >= 0.3 is 11.9 Å². The first-order valence-electron chi connectivity index (χ1n) is 10.2. The van der Waals surface area contributed by atoms with Gasteiger partial charge in [0.2, 0.25) is 0 Å². The van der Waals surface area contributed by atoms with E-state index in [4.69, 9.17) is 9.47 Å². The molecule has 5 nitrogen and oxygen atoms in total. The van der Waals surface area contributed by atoms with Crippen LogP contribution in [0.25, 0.3) is 0 Å². The number of benzene rings is 2. The zero-order valence-corrected chi connectivity index (χ0v) is 18.1. The fraction of sp³-hybridized carbons (Fsp3) is 0.280. The summed E-state index contributed by atoms with van der Waals surface area (Å²) in [6.45, 7) is 7.78. The van der Waals surface area contributed by atoms with Crippen LogP contribution in [0.2, 0.25) is 0 Å². The highest BCUT2D eigenvalue weighted by Crippen LogP contribution is 2.38.